The van der Waals surface area contributed by atoms with Crippen LogP contribution in [0.2, 0.25) is 0 Å². The molecule has 1 amide bonds. The van der Waals surface area contributed by atoms with Crippen molar-refractivity contribution in [3.8, 4) is 0 Å². The quantitative estimate of drug-likeness (QED) is 0.637. The van der Waals surface area contributed by atoms with E-state index in [4.69, 9.17) is 5.11 Å². The Morgan fingerprint density at radius 3 is 2.79 bits per heavy atom. The molecule has 0 bridgehead atoms. The molecule has 1 unspecified atom stereocenters. The molecule has 1 atom stereocenters. The summed E-state index contributed by atoms with van der Waals surface area (Å²) in [7, 11) is 0. The van der Waals surface area contributed by atoms with Crippen molar-refractivity contribution in [3.05, 3.63) is 12.4 Å². The van der Waals surface area contributed by atoms with Gasteiger partial charge in [0, 0.05) is 13.1 Å². The Morgan fingerprint density at radius 2 is 2.36 bits per heavy atom. The minimum Gasteiger partial charge on any atom is -0.480 e. The first-order valence-electron chi connectivity index (χ1n) is 3.93. The maximum Gasteiger partial charge on any atom is 0.328 e. The van der Waals surface area contributed by atoms with E-state index in [9.17, 15) is 9.59 Å². The van der Waals surface area contributed by atoms with Gasteiger partial charge in [-0.15, -0.1) is 5.10 Å². The largest absolute Gasteiger partial charge is 0.480 e. The van der Waals surface area contributed by atoms with Crippen LogP contribution in [0.25, 0.3) is 0 Å². The Hall–Kier alpha value is -1.92. The molecule has 0 aromatic carbocycles. The lowest BCUT2D eigenvalue weighted by atomic mass is 10.3. The Morgan fingerprint density at radius 1 is 1.64 bits per heavy atom. The summed E-state index contributed by atoms with van der Waals surface area (Å²) < 4.78 is 1.34. The van der Waals surface area contributed by atoms with Crippen LogP contribution in [0.4, 0.5) is 0 Å². The third-order valence-corrected chi connectivity index (χ3v) is 1.52. The first kappa shape index (κ1) is 10.2. The number of hydrogen-bond acceptors (Lipinski definition) is 4. The summed E-state index contributed by atoms with van der Waals surface area (Å²) in [5.41, 5.74) is 0. The number of carboxylic acid groups (broad SMARTS) is 1. The normalized spacial score (nSPS) is 12.1. The molecule has 7 nitrogen and oxygen atoms in total. The average Bonchev–Trinajstić information content (AvgIpc) is 2.54. The van der Waals surface area contributed by atoms with Crippen LogP contribution in [0.5, 0.6) is 0 Å². The SMILES string of the molecule is CC(=O)NC(Cn1ccnn1)C(=O)O. The Kier molecular flexibility index (Phi) is 3.16. The van der Waals surface area contributed by atoms with Crippen LogP contribution in [-0.4, -0.2) is 38.0 Å². The molecule has 1 heterocycles. The number of nitrogens with one attached hydrogen (secondary N) is 1. The molecule has 0 radical (unpaired) electrons. The zero-order valence-corrected chi connectivity index (χ0v) is 7.54. The van der Waals surface area contributed by atoms with Gasteiger partial charge >= 0.3 is 5.97 Å². The van der Waals surface area contributed by atoms with E-state index in [1.54, 1.807) is 0 Å². The fourth-order valence-corrected chi connectivity index (χ4v) is 0.948. The first-order chi connectivity index (χ1) is 6.59. The van der Waals surface area contributed by atoms with Crippen LogP contribution >= 0.6 is 0 Å². The van der Waals surface area contributed by atoms with Gasteiger partial charge in [-0.3, -0.25) is 4.79 Å². The molecule has 2 N–H and O–H groups in total. The highest BCUT2D eigenvalue weighted by molar-refractivity contribution is 5.81. The summed E-state index contributed by atoms with van der Waals surface area (Å²) in [5, 5.41) is 18.2. The summed E-state index contributed by atoms with van der Waals surface area (Å²) in [4.78, 5) is 21.4. The number of aromatic nitrogens is 3. The molecular weight excluding hydrogens is 188 g/mol. The van der Waals surface area contributed by atoms with Crippen molar-refractivity contribution >= 4 is 11.9 Å². The van der Waals surface area contributed by atoms with E-state index < -0.39 is 17.9 Å². The Labute approximate surface area is 79.7 Å². The monoisotopic (exact) mass is 198 g/mol. The lowest BCUT2D eigenvalue weighted by Crippen LogP contribution is -2.42. The second-order valence-electron chi connectivity index (χ2n) is 2.72. The second kappa shape index (κ2) is 4.35. The third-order valence-electron chi connectivity index (χ3n) is 1.52. The van der Waals surface area contributed by atoms with E-state index in [1.807, 2.05) is 0 Å². The standard InChI is InChI=1S/C7H10N4O3/c1-5(12)9-6(7(13)14)4-11-3-2-8-10-11/h2-3,6H,4H2,1H3,(H,9,12)(H,13,14). The highest BCUT2D eigenvalue weighted by atomic mass is 16.4. The Balaban J connectivity index is 2.60. The lowest BCUT2D eigenvalue weighted by molar-refractivity contribution is -0.142. The average molecular weight is 198 g/mol. The van der Waals surface area contributed by atoms with Gasteiger partial charge in [-0.05, 0) is 0 Å². The minimum atomic E-state index is -1.10. The molecule has 0 aliphatic heterocycles. The van der Waals surface area contributed by atoms with E-state index in [0.29, 0.717) is 0 Å². The Bertz CT molecular complexity index is 322. The zero-order chi connectivity index (χ0) is 10.6. The number of nitrogens with zero attached hydrogens (tertiary/aromatic N) is 3. The lowest BCUT2D eigenvalue weighted by Gasteiger charge is -2.12. The van der Waals surface area contributed by atoms with Gasteiger partial charge in [0.2, 0.25) is 5.91 Å². The fourth-order valence-electron chi connectivity index (χ4n) is 0.948. The van der Waals surface area contributed by atoms with Gasteiger partial charge in [0.25, 0.3) is 0 Å². The van der Waals surface area contributed by atoms with Gasteiger partial charge < -0.3 is 10.4 Å². The molecule has 0 aliphatic carbocycles. The van der Waals surface area contributed by atoms with Crippen molar-refractivity contribution in [2.45, 2.75) is 19.5 Å². The molecule has 0 aliphatic rings. The van der Waals surface area contributed by atoms with Gasteiger partial charge in [-0.25, -0.2) is 9.48 Å². The van der Waals surface area contributed by atoms with Crippen molar-refractivity contribution < 1.29 is 14.7 Å². The number of rotatable bonds is 4. The molecule has 7 heteroatoms. The van der Waals surface area contributed by atoms with E-state index >= 15 is 0 Å². The number of carbonyl (C=O) groups excluding carboxylic acids is 1. The maximum absolute atomic E-state index is 10.7. The number of amides is 1. The summed E-state index contributed by atoms with van der Waals surface area (Å²) in [6.07, 6.45) is 2.96. The molecule has 14 heavy (non-hydrogen) atoms. The van der Waals surface area contributed by atoms with E-state index in [2.05, 4.69) is 15.6 Å². The van der Waals surface area contributed by atoms with Gasteiger partial charge in [-0.2, -0.15) is 0 Å². The topological polar surface area (TPSA) is 97.1 Å². The highest BCUT2D eigenvalue weighted by Gasteiger charge is 2.18. The zero-order valence-electron chi connectivity index (χ0n) is 7.54. The van der Waals surface area contributed by atoms with E-state index in [0.717, 1.165) is 0 Å². The molecule has 1 rings (SSSR count). The molecule has 76 valence electrons. The number of hydrogen-bond donors (Lipinski definition) is 2. The highest BCUT2D eigenvalue weighted by Crippen LogP contribution is 1.90. The summed E-state index contributed by atoms with van der Waals surface area (Å²) in [6.45, 7) is 1.33. The van der Waals surface area contributed by atoms with Gasteiger partial charge in [-0.1, -0.05) is 5.21 Å². The van der Waals surface area contributed by atoms with Crippen LogP contribution in [0, 0.1) is 0 Å². The summed E-state index contributed by atoms with van der Waals surface area (Å²) in [5.74, 6) is -1.49. The van der Waals surface area contributed by atoms with Crippen molar-refractivity contribution in [1.29, 1.82) is 0 Å². The fraction of sp³-hybridized carbons (Fsp3) is 0.429. The first-order valence-corrected chi connectivity index (χ1v) is 3.93. The van der Waals surface area contributed by atoms with Crippen molar-refractivity contribution in [1.82, 2.24) is 20.3 Å². The molecule has 0 fully saturated rings. The van der Waals surface area contributed by atoms with Crippen molar-refractivity contribution in [2.24, 2.45) is 0 Å². The molecule has 0 spiro atoms. The van der Waals surface area contributed by atoms with Gasteiger partial charge in [0.15, 0.2) is 0 Å². The van der Waals surface area contributed by atoms with Crippen LogP contribution in [0.15, 0.2) is 12.4 Å². The van der Waals surface area contributed by atoms with E-state index in [-0.39, 0.29) is 6.54 Å². The molecule has 0 saturated heterocycles. The number of carbonyl (C=O) groups is 2. The van der Waals surface area contributed by atoms with Gasteiger partial charge in [0.1, 0.15) is 6.04 Å². The molecular formula is C7H10N4O3. The number of carboxylic acids is 1. The molecule has 1 aromatic rings. The van der Waals surface area contributed by atoms with Gasteiger partial charge in [0.05, 0.1) is 12.7 Å². The number of aliphatic carboxylic acids is 1. The van der Waals surface area contributed by atoms with E-state index in [1.165, 1.54) is 24.0 Å². The molecule has 0 saturated carbocycles. The molecule has 1 aromatic heterocycles. The smallest absolute Gasteiger partial charge is 0.328 e. The van der Waals surface area contributed by atoms with Crippen LogP contribution in [-0.2, 0) is 16.1 Å². The second-order valence-corrected chi connectivity index (χ2v) is 2.72. The maximum atomic E-state index is 10.7. The summed E-state index contributed by atoms with van der Waals surface area (Å²) in [6, 6.07) is -0.978. The van der Waals surface area contributed by atoms with Crippen LogP contribution in [0.3, 0.4) is 0 Å². The van der Waals surface area contributed by atoms with Crippen LogP contribution in [0.1, 0.15) is 6.92 Å². The third kappa shape index (κ3) is 2.85. The van der Waals surface area contributed by atoms with Crippen molar-refractivity contribution in [2.75, 3.05) is 0 Å². The van der Waals surface area contributed by atoms with Crippen LogP contribution < -0.4 is 5.32 Å². The predicted octanol–water partition coefficient (Wildman–Crippen LogP) is -1.13. The minimum absolute atomic E-state index is 0.0644. The summed E-state index contributed by atoms with van der Waals surface area (Å²) >= 11 is 0. The van der Waals surface area contributed by atoms with Crippen molar-refractivity contribution in [3.63, 3.8) is 0 Å². The predicted molar refractivity (Wildman–Crippen MR) is 45.3 cm³/mol.